The third kappa shape index (κ3) is 2.17. The monoisotopic (exact) mass is 222 g/mol. The molecule has 1 rings (SSSR count). The molecular weight excluding hydrogens is 212 g/mol. The van der Waals surface area contributed by atoms with Crippen molar-refractivity contribution >= 4 is 9.84 Å². The molecule has 0 aliphatic rings. The molecule has 5 heteroatoms. The van der Waals surface area contributed by atoms with E-state index in [4.69, 9.17) is 11.0 Å². The van der Waals surface area contributed by atoms with Gasteiger partial charge in [-0.1, -0.05) is 17.7 Å². The molecule has 0 fully saturated rings. The van der Waals surface area contributed by atoms with Gasteiger partial charge >= 0.3 is 0 Å². The number of hydrogen-bond acceptors (Lipinski definition) is 4. The number of nitrogens with zero attached hydrogens (tertiary/aromatic N) is 1. The topological polar surface area (TPSA) is 84.0 Å². The Morgan fingerprint density at radius 3 is 2.33 bits per heavy atom. The van der Waals surface area contributed by atoms with Gasteiger partial charge in [0.15, 0.2) is 4.91 Å². The van der Waals surface area contributed by atoms with E-state index in [1.165, 1.54) is 12.1 Å². The van der Waals surface area contributed by atoms with Crippen LogP contribution in [-0.4, -0.2) is 8.42 Å². The van der Waals surface area contributed by atoms with Gasteiger partial charge in [-0.05, 0) is 19.1 Å². The van der Waals surface area contributed by atoms with Gasteiger partial charge in [0.1, 0.15) is 6.07 Å². The summed E-state index contributed by atoms with van der Waals surface area (Å²) in [5.74, 6) is 0. The first kappa shape index (κ1) is 11.3. The zero-order chi connectivity index (χ0) is 11.5. The lowest BCUT2D eigenvalue weighted by Gasteiger charge is -2.01. The maximum Gasteiger partial charge on any atom is 0.218 e. The lowest BCUT2D eigenvalue weighted by atomic mass is 10.2. The molecule has 0 bridgehead atoms. The zero-order valence-electron chi connectivity index (χ0n) is 8.14. The molecule has 1 aromatic carbocycles. The molecule has 15 heavy (non-hydrogen) atoms. The Balaban J connectivity index is 3.31. The van der Waals surface area contributed by atoms with E-state index in [9.17, 15) is 8.42 Å². The Labute approximate surface area is 88.6 Å². The van der Waals surface area contributed by atoms with Crippen LogP contribution in [0.1, 0.15) is 5.56 Å². The molecule has 0 saturated heterocycles. The van der Waals surface area contributed by atoms with Crippen molar-refractivity contribution in [3.63, 3.8) is 0 Å². The van der Waals surface area contributed by atoms with Crippen molar-refractivity contribution in [1.82, 2.24) is 0 Å². The van der Waals surface area contributed by atoms with Gasteiger partial charge in [-0.15, -0.1) is 0 Å². The average Bonchev–Trinajstić information content (AvgIpc) is 2.19. The van der Waals surface area contributed by atoms with Crippen molar-refractivity contribution in [1.29, 1.82) is 5.26 Å². The van der Waals surface area contributed by atoms with Crippen LogP contribution in [-0.2, 0) is 9.84 Å². The van der Waals surface area contributed by atoms with Gasteiger partial charge < -0.3 is 5.73 Å². The molecule has 78 valence electrons. The predicted octanol–water partition coefficient (Wildman–Crippen LogP) is 1.09. The molecule has 0 radical (unpaired) electrons. The second-order valence-corrected chi connectivity index (χ2v) is 4.88. The van der Waals surface area contributed by atoms with E-state index in [-0.39, 0.29) is 4.90 Å². The number of rotatable bonds is 2. The van der Waals surface area contributed by atoms with Crippen LogP contribution in [0.25, 0.3) is 0 Å². The summed E-state index contributed by atoms with van der Waals surface area (Å²) in [5.41, 5.74) is 6.02. The molecular formula is C10H10N2O2S. The molecule has 4 nitrogen and oxygen atoms in total. The quantitative estimate of drug-likeness (QED) is 0.759. The Morgan fingerprint density at radius 2 is 1.93 bits per heavy atom. The molecule has 0 amide bonds. The van der Waals surface area contributed by atoms with Crippen molar-refractivity contribution in [3.8, 4) is 6.07 Å². The normalized spacial score (nSPS) is 12.1. The van der Waals surface area contributed by atoms with E-state index in [1.54, 1.807) is 18.2 Å². The highest BCUT2D eigenvalue weighted by Crippen LogP contribution is 2.18. The van der Waals surface area contributed by atoms with Crippen molar-refractivity contribution in [2.45, 2.75) is 11.8 Å². The van der Waals surface area contributed by atoms with Crippen LogP contribution in [0.2, 0.25) is 0 Å². The third-order valence-electron chi connectivity index (χ3n) is 1.88. The van der Waals surface area contributed by atoms with Gasteiger partial charge in [0, 0.05) is 6.20 Å². The van der Waals surface area contributed by atoms with Crippen molar-refractivity contribution in [2.24, 2.45) is 5.73 Å². The summed E-state index contributed by atoms with van der Waals surface area (Å²) >= 11 is 0. The van der Waals surface area contributed by atoms with E-state index in [2.05, 4.69) is 0 Å². The second kappa shape index (κ2) is 4.15. The number of allylic oxidation sites excluding steroid dienone is 1. The summed E-state index contributed by atoms with van der Waals surface area (Å²) < 4.78 is 23.5. The largest absolute Gasteiger partial charge is 0.403 e. The summed E-state index contributed by atoms with van der Waals surface area (Å²) in [5, 5.41) is 8.60. The lowest BCUT2D eigenvalue weighted by Crippen LogP contribution is -2.05. The van der Waals surface area contributed by atoms with E-state index >= 15 is 0 Å². The van der Waals surface area contributed by atoms with Crippen LogP contribution in [0.15, 0.2) is 40.3 Å². The molecule has 0 aliphatic heterocycles. The first-order chi connectivity index (χ1) is 7.02. The highest BCUT2D eigenvalue weighted by molar-refractivity contribution is 7.95. The maximum absolute atomic E-state index is 11.7. The highest BCUT2D eigenvalue weighted by atomic mass is 32.2. The molecule has 0 unspecified atom stereocenters. The van der Waals surface area contributed by atoms with Gasteiger partial charge in [-0.3, -0.25) is 0 Å². The van der Waals surface area contributed by atoms with Crippen molar-refractivity contribution < 1.29 is 8.42 Å². The van der Waals surface area contributed by atoms with Crippen molar-refractivity contribution in [3.05, 3.63) is 40.9 Å². The fourth-order valence-corrected chi connectivity index (χ4v) is 2.08. The molecule has 1 aromatic rings. The zero-order valence-corrected chi connectivity index (χ0v) is 8.95. The highest BCUT2D eigenvalue weighted by Gasteiger charge is 2.19. The molecule has 0 heterocycles. The minimum atomic E-state index is -3.74. The Morgan fingerprint density at radius 1 is 1.40 bits per heavy atom. The molecule has 0 aromatic heterocycles. The first-order valence-corrected chi connectivity index (χ1v) is 5.64. The second-order valence-electron chi connectivity index (χ2n) is 2.96. The van der Waals surface area contributed by atoms with Gasteiger partial charge in [0.25, 0.3) is 0 Å². The molecule has 2 N–H and O–H groups in total. The van der Waals surface area contributed by atoms with Crippen LogP contribution in [0.4, 0.5) is 0 Å². The van der Waals surface area contributed by atoms with E-state index < -0.39 is 14.7 Å². The van der Waals surface area contributed by atoms with Crippen LogP contribution in [0, 0.1) is 18.3 Å². The van der Waals surface area contributed by atoms with Gasteiger partial charge in [0.2, 0.25) is 9.84 Å². The number of hydrogen-bond donors (Lipinski definition) is 1. The van der Waals surface area contributed by atoms with Crippen LogP contribution < -0.4 is 5.73 Å². The number of nitrogens with two attached hydrogens (primary N) is 1. The Hall–Kier alpha value is -1.80. The summed E-state index contributed by atoms with van der Waals surface area (Å²) in [4.78, 5) is -0.363. The fourth-order valence-electron chi connectivity index (χ4n) is 1.03. The third-order valence-corrected chi connectivity index (χ3v) is 3.58. The van der Waals surface area contributed by atoms with Gasteiger partial charge in [-0.2, -0.15) is 5.26 Å². The van der Waals surface area contributed by atoms with E-state index in [1.807, 2.05) is 6.92 Å². The number of aryl methyl sites for hydroxylation is 1. The number of benzene rings is 1. The van der Waals surface area contributed by atoms with Crippen LogP contribution in [0.3, 0.4) is 0 Å². The molecule has 0 atom stereocenters. The summed E-state index contributed by atoms with van der Waals surface area (Å²) in [7, 11) is -3.74. The van der Waals surface area contributed by atoms with Crippen LogP contribution in [0.5, 0.6) is 0 Å². The minimum Gasteiger partial charge on any atom is -0.403 e. The van der Waals surface area contributed by atoms with E-state index in [0.717, 1.165) is 11.8 Å². The first-order valence-electron chi connectivity index (χ1n) is 4.16. The minimum absolute atomic E-state index is 0.0753. The summed E-state index contributed by atoms with van der Waals surface area (Å²) in [6, 6.07) is 7.78. The van der Waals surface area contributed by atoms with Crippen molar-refractivity contribution in [2.75, 3.05) is 0 Å². The standard InChI is InChI=1S/C10H10N2O2S/c1-8-2-4-9(5-3-8)15(13,14)10(6-11)7-12/h2-6H,11H2,1H3. The summed E-state index contributed by atoms with van der Waals surface area (Å²) in [6.45, 7) is 1.85. The molecule has 0 aliphatic carbocycles. The average molecular weight is 222 g/mol. The van der Waals surface area contributed by atoms with Gasteiger partial charge in [0.05, 0.1) is 4.90 Å². The Kier molecular flexibility index (Phi) is 3.12. The molecule has 0 saturated carbocycles. The molecule has 0 spiro atoms. The predicted molar refractivity (Wildman–Crippen MR) is 56.2 cm³/mol. The lowest BCUT2D eigenvalue weighted by molar-refractivity contribution is 0.603. The smallest absolute Gasteiger partial charge is 0.218 e. The summed E-state index contributed by atoms with van der Waals surface area (Å²) in [6.07, 6.45) is 0.801. The fraction of sp³-hybridized carbons (Fsp3) is 0.100. The van der Waals surface area contributed by atoms with Crippen LogP contribution >= 0.6 is 0 Å². The number of sulfone groups is 1. The maximum atomic E-state index is 11.7. The van der Waals surface area contributed by atoms with E-state index in [0.29, 0.717) is 0 Å². The number of nitriles is 1. The van der Waals surface area contributed by atoms with Gasteiger partial charge in [-0.25, -0.2) is 8.42 Å². The Bertz CT molecular complexity index is 522. The SMILES string of the molecule is Cc1ccc(S(=O)(=O)C(C#N)=CN)cc1.